The Morgan fingerprint density at radius 1 is 0.833 bits per heavy atom. The number of hydrogen-bond donors (Lipinski definition) is 2. The largest absolute Gasteiger partial charge is 0.444 e. The van der Waals surface area contributed by atoms with Crippen LogP contribution in [0, 0.1) is 11.8 Å². The van der Waals surface area contributed by atoms with E-state index in [2.05, 4.69) is 10.6 Å². The minimum absolute atomic E-state index is 0.00946. The summed E-state index contributed by atoms with van der Waals surface area (Å²) in [6.45, 7) is 5.08. The molecule has 3 aliphatic rings. The number of carbonyl (C=O) groups excluding carboxylic acids is 3. The van der Waals surface area contributed by atoms with Crippen molar-refractivity contribution in [3.63, 3.8) is 0 Å². The Kier molecular flexibility index (Phi) is 5.70. The molecule has 0 aromatic rings. The quantitative estimate of drug-likeness (QED) is 0.661. The highest BCUT2D eigenvalue weighted by atomic mass is 19.3. The van der Waals surface area contributed by atoms with Crippen LogP contribution in [0.25, 0.3) is 0 Å². The molecule has 3 fully saturated rings. The summed E-state index contributed by atoms with van der Waals surface area (Å²) >= 11 is 0. The Bertz CT molecular complexity index is 663. The Labute approximate surface area is 171 Å². The summed E-state index contributed by atoms with van der Waals surface area (Å²) in [4.78, 5) is 38.3. The van der Waals surface area contributed by atoms with Crippen molar-refractivity contribution in [1.29, 1.82) is 0 Å². The lowest BCUT2D eigenvalue weighted by Gasteiger charge is -2.36. The Hall–Kier alpha value is -2.07. The van der Waals surface area contributed by atoms with Gasteiger partial charge >= 0.3 is 6.09 Å². The molecule has 2 saturated carbocycles. The first kappa shape index (κ1) is 22.6. The predicted molar refractivity (Wildman–Crippen MR) is 97.0 cm³/mol. The van der Waals surface area contributed by atoms with Gasteiger partial charge in [-0.25, -0.2) is 22.4 Å². The third kappa shape index (κ3) is 5.34. The number of nitrogens with one attached hydrogen (secondary N) is 2. The minimum Gasteiger partial charge on any atom is -0.444 e. The molecular weight excluding hydrogens is 410 g/mol. The normalized spacial score (nSPS) is 28.3. The van der Waals surface area contributed by atoms with E-state index >= 15 is 0 Å². The molecular formula is C19H27F4N3O4. The van der Waals surface area contributed by atoms with Crippen molar-refractivity contribution in [1.82, 2.24) is 15.5 Å². The summed E-state index contributed by atoms with van der Waals surface area (Å²) < 4.78 is 57.6. The van der Waals surface area contributed by atoms with E-state index < -0.39 is 85.0 Å². The van der Waals surface area contributed by atoms with Crippen LogP contribution < -0.4 is 10.6 Å². The Balaban J connectivity index is 1.62. The molecule has 1 heterocycles. The standard InChI is InChI=1S/C19H27F4N3O4/c1-17(2,3)30-16(29)26-8-12(24-14(27)10-4-18(20,21)5-10)13(9-26)25-15(28)11-6-19(22,23)7-11/h10-13H,4-9H2,1-3H3,(H,24,27)(H,25,28)/t12-,13-/m1/s1. The molecule has 11 heteroatoms. The van der Waals surface area contributed by atoms with Crippen LogP contribution >= 0.6 is 0 Å². The Morgan fingerprint density at radius 2 is 1.20 bits per heavy atom. The maximum atomic E-state index is 13.1. The van der Waals surface area contributed by atoms with E-state index in [1.165, 1.54) is 4.90 Å². The van der Waals surface area contributed by atoms with Crippen LogP contribution in [0.15, 0.2) is 0 Å². The summed E-state index contributed by atoms with van der Waals surface area (Å²) in [6.07, 6.45) is -2.83. The van der Waals surface area contributed by atoms with E-state index in [9.17, 15) is 31.9 Å². The number of hydrogen-bond acceptors (Lipinski definition) is 4. The number of likely N-dealkylation sites (tertiary alicyclic amines) is 1. The maximum Gasteiger partial charge on any atom is 0.410 e. The molecule has 170 valence electrons. The SMILES string of the molecule is CC(C)(C)OC(=O)N1C[C@@H](NC(=O)C2CC(F)(F)C2)[C@H](NC(=O)C2CC(F)(F)C2)C1. The molecule has 30 heavy (non-hydrogen) atoms. The molecule has 3 amide bonds. The minimum atomic E-state index is -2.86. The highest BCUT2D eigenvalue weighted by molar-refractivity contribution is 5.82. The first-order valence-corrected chi connectivity index (χ1v) is 9.98. The van der Waals surface area contributed by atoms with E-state index in [0.717, 1.165) is 0 Å². The van der Waals surface area contributed by atoms with E-state index in [4.69, 9.17) is 4.74 Å². The van der Waals surface area contributed by atoms with Crippen molar-refractivity contribution in [3.8, 4) is 0 Å². The lowest BCUT2D eigenvalue weighted by molar-refractivity contribution is -0.152. The van der Waals surface area contributed by atoms with Crippen LogP contribution in [0.2, 0.25) is 0 Å². The van der Waals surface area contributed by atoms with Crippen LogP contribution in [0.5, 0.6) is 0 Å². The highest BCUT2D eigenvalue weighted by Crippen LogP contribution is 2.43. The van der Waals surface area contributed by atoms with Crippen molar-refractivity contribution >= 4 is 17.9 Å². The first-order valence-electron chi connectivity index (χ1n) is 9.98. The number of ether oxygens (including phenoxy) is 1. The number of rotatable bonds is 4. The molecule has 0 spiro atoms. The van der Waals surface area contributed by atoms with Crippen LogP contribution in [-0.2, 0) is 14.3 Å². The number of amides is 3. The fourth-order valence-electron chi connectivity index (χ4n) is 3.87. The van der Waals surface area contributed by atoms with E-state index in [1.54, 1.807) is 20.8 Å². The van der Waals surface area contributed by atoms with Gasteiger partial charge in [-0.15, -0.1) is 0 Å². The molecule has 0 aromatic carbocycles. The van der Waals surface area contributed by atoms with Crippen LogP contribution in [-0.4, -0.2) is 65.4 Å². The summed E-state index contributed by atoms with van der Waals surface area (Å²) in [6, 6.07) is -1.47. The smallest absolute Gasteiger partial charge is 0.410 e. The van der Waals surface area contributed by atoms with Crippen molar-refractivity contribution in [2.45, 2.75) is 76.0 Å². The summed E-state index contributed by atoms with van der Waals surface area (Å²) in [7, 11) is 0. The van der Waals surface area contributed by atoms with Gasteiger partial charge in [-0.2, -0.15) is 0 Å². The average molecular weight is 437 g/mol. The van der Waals surface area contributed by atoms with Gasteiger partial charge in [0.15, 0.2) is 0 Å². The summed E-state index contributed by atoms with van der Waals surface area (Å²) in [5, 5.41) is 5.26. The third-order valence-corrected chi connectivity index (χ3v) is 5.55. The van der Waals surface area contributed by atoms with Crippen molar-refractivity contribution < 1.29 is 36.7 Å². The zero-order valence-corrected chi connectivity index (χ0v) is 17.1. The maximum absolute atomic E-state index is 13.1. The van der Waals surface area contributed by atoms with Gasteiger partial charge in [0.05, 0.1) is 12.1 Å². The van der Waals surface area contributed by atoms with Crippen molar-refractivity contribution in [2.24, 2.45) is 11.8 Å². The van der Waals surface area contributed by atoms with E-state index in [-0.39, 0.29) is 13.1 Å². The number of alkyl halides is 4. The molecule has 0 aromatic heterocycles. The number of nitrogens with zero attached hydrogens (tertiary/aromatic N) is 1. The average Bonchev–Trinajstić information content (AvgIpc) is 2.91. The van der Waals surface area contributed by atoms with Gasteiger partial charge in [0.25, 0.3) is 0 Å². The topological polar surface area (TPSA) is 87.7 Å². The van der Waals surface area contributed by atoms with Crippen molar-refractivity contribution in [2.75, 3.05) is 13.1 Å². The number of carbonyl (C=O) groups is 3. The van der Waals surface area contributed by atoms with Gasteiger partial charge in [-0.3, -0.25) is 9.59 Å². The lowest BCUT2D eigenvalue weighted by Crippen LogP contribution is -2.56. The summed E-state index contributed by atoms with van der Waals surface area (Å²) in [5.41, 5.74) is -0.758. The second kappa shape index (κ2) is 7.56. The van der Waals surface area contributed by atoms with Gasteiger partial charge in [-0.1, -0.05) is 0 Å². The molecule has 1 aliphatic heterocycles. The van der Waals surface area contributed by atoms with Gasteiger partial charge < -0.3 is 20.3 Å². The fraction of sp³-hybridized carbons (Fsp3) is 0.842. The molecule has 2 aliphatic carbocycles. The molecule has 2 N–H and O–H groups in total. The van der Waals surface area contributed by atoms with Gasteiger partial charge in [-0.05, 0) is 20.8 Å². The van der Waals surface area contributed by atoms with Crippen LogP contribution in [0.1, 0.15) is 46.5 Å². The van der Waals surface area contributed by atoms with Crippen molar-refractivity contribution in [3.05, 3.63) is 0 Å². The molecule has 0 radical (unpaired) electrons. The zero-order chi connectivity index (χ0) is 22.5. The lowest BCUT2D eigenvalue weighted by atomic mass is 9.80. The molecule has 0 bridgehead atoms. The second-order valence-corrected chi connectivity index (χ2v) is 9.54. The number of halogens is 4. The van der Waals surface area contributed by atoms with Gasteiger partial charge in [0, 0.05) is 50.6 Å². The van der Waals surface area contributed by atoms with Crippen LogP contribution in [0.4, 0.5) is 22.4 Å². The zero-order valence-electron chi connectivity index (χ0n) is 17.1. The molecule has 0 unspecified atom stereocenters. The molecule has 3 rings (SSSR count). The Morgan fingerprint density at radius 3 is 1.50 bits per heavy atom. The highest BCUT2D eigenvalue weighted by Gasteiger charge is 2.51. The fourth-order valence-corrected chi connectivity index (χ4v) is 3.87. The third-order valence-electron chi connectivity index (χ3n) is 5.55. The van der Waals surface area contributed by atoms with Crippen LogP contribution in [0.3, 0.4) is 0 Å². The predicted octanol–water partition coefficient (Wildman–Crippen LogP) is 2.30. The molecule has 7 nitrogen and oxygen atoms in total. The van der Waals surface area contributed by atoms with Gasteiger partial charge in [0.2, 0.25) is 23.7 Å². The molecule has 1 saturated heterocycles. The first-order chi connectivity index (χ1) is 13.6. The summed E-state index contributed by atoms with van der Waals surface area (Å²) in [5.74, 6) is -8.54. The van der Waals surface area contributed by atoms with Gasteiger partial charge in [0.1, 0.15) is 5.60 Å². The van der Waals surface area contributed by atoms with E-state index in [1.807, 2.05) is 0 Å². The monoisotopic (exact) mass is 437 g/mol. The van der Waals surface area contributed by atoms with E-state index in [0.29, 0.717) is 0 Å². The second-order valence-electron chi connectivity index (χ2n) is 9.54. The molecule has 2 atom stereocenters.